The van der Waals surface area contributed by atoms with Gasteiger partial charge in [-0.05, 0) is 119 Å². The Morgan fingerprint density at radius 1 is 0.723 bits per heavy atom. The molecular formula is C80H130N12O18S2. The number of likely N-dealkylation sites (N-methyl/N-ethyl adjacent to an activating group) is 2. The van der Waals surface area contributed by atoms with Crippen molar-refractivity contribution >= 4 is 86.9 Å². The summed E-state index contributed by atoms with van der Waals surface area (Å²) in [4.78, 5) is 157. The summed E-state index contributed by atoms with van der Waals surface area (Å²) in [5.41, 5.74) is 5.47. The highest BCUT2D eigenvalue weighted by molar-refractivity contribution is 8.00. The molecule has 3 fully saturated rings. The molecule has 5 rings (SSSR count). The van der Waals surface area contributed by atoms with E-state index in [-0.39, 0.29) is 154 Å². The Labute approximate surface area is 668 Å². The van der Waals surface area contributed by atoms with E-state index in [1.165, 1.54) is 43.4 Å². The summed E-state index contributed by atoms with van der Waals surface area (Å²) in [5.74, 6) is -6.81. The molecule has 2 unspecified atom stereocenters. The van der Waals surface area contributed by atoms with Crippen molar-refractivity contribution in [2.75, 3.05) is 101 Å². The van der Waals surface area contributed by atoms with Gasteiger partial charge in [-0.3, -0.25) is 57.7 Å². The lowest BCUT2D eigenvalue weighted by Crippen LogP contribution is -2.59. The first-order chi connectivity index (χ1) is 53.0. The predicted octanol–water partition coefficient (Wildman–Crippen LogP) is 5.17. The van der Waals surface area contributed by atoms with E-state index in [4.69, 9.17) is 29.4 Å². The summed E-state index contributed by atoms with van der Waals surface area (Å²) in [7, 11) is 3.63. The number of sulfonamides is 1. The van der Waals surface area contributed by atoms with Crippen LogP contribution in [-0.2, 0) is 93.6 Å². The summed E-state index contributed by atoms with van der Waals surface area (Å²) < 4.78 is 59.3. The number of nitrogens with one attached hydrogen (secondary N) is 7. The Hall–Kier alpha value is -7.33. The van der Waals surface area contributed by atoms with E-state index in [1.54, 1.807) is 79.7 Å². The van der Waals surface area contributed by atoms with Gasteiger partial charge in [0.15, 0.2) is 0 Å². The quantitative estimate of drug-likeness (QED) is 0.0313. The summed E-state index contributed by atoms with van der Waals surface area (Å²) in [6, 6.07) is 7.35. The molecule has 2 heterocycles. The highest BCUT2D eigenvalue weighted by Crippen LogP contribution is 2.46. The average Bonchev–Trinajstić information content (AvgIpc) is 1.61. The molecule has 0 spiro atoms. The van der Waals surface area contributed by atoms with Gasteiger partial charge >= 0.3 is 6.03 Å². The van der Waals surface area contributed by atoms with Crippen molar-refractivity contribution in [1.82, 2.24) is 56.2 Å². The summed E-state index contributed by atoms with van der Waals surface area (Å²) in [6.07, 6.45) is 5.87. The second-order valence-electron chi connectivity index (χ2n) is 31.4. The summed E-state index contributed by atoms with van der Waals surface area (Å²) in [5, 5.41) is 16.9. The van der Waals surface area contributed by atoms with E-state index in [1.807, 2.05) is 66.8 Å². The molecule has 12 amide bonds. The van der Waals surface area contributed by atoms with Crippen LogP contribution in [0.15, 0.2) is 59.5 Å². The number of primary amides is 1. The zero-order valence-corrected chi connectivity index (χ0v) is 70.8. The van der Waals surface area contributed by atoms with Crippen LogP contribution in [0.1, 0.15) is 171 Å². The first kappa shape index (κ1) is 95.3. The maximum absolute atomic E-state index is 14.7. The van der Waals surface area contributed by atoms with Gasteiger partial charge in [0.1, 0.15) is 24.2 Å². The van der Waals surface area contributed by atoms with Gasteiger partial charge in [0.2, 0.25) is 53.2 Å². The number of nitrogens with zero attached hydrogens (tertiary/aromatic N) is 4. The molecule has 0 bridgehead atoms. The van der Waals surface area contributed by atoms with Crippen molar-refractivity contribution in [3.05, 3.63) is 65.7 Å². The number of hydrogen-bond acceptors (Lipinski definition) is 20. The summed E-state index contributed by atoms with van der Waals surface area (Å²) in [6.45, 7) is 22.5. The van der Waals surface area contributed by atoms with Crippen molar-refractivity contribution in [3.8, 4) is 0 Å². The first-order valence-corrected chi connectivity index (χ1v) is 42.3. The molecular weight excluding hydrogens is 1480 g/mol. The normalized spacial score (nSPS) is 18.8. The second kappa shape index (κ2) is 45.7. The molecule has 30 nitrogen and oxygen atoms in total. The number of imide groups is 1. The Balaban J connectivity index is 1.18. The minimum atomic E-state index is -4.63. The maximum Gasteiger partial charge on any atom is 0.312 e. The minimum Gasteiger partial charge on any atom is -0.379 e. The Kier molecular flexibility index (Phi) is 38.9. The molecule has 9 N–H and O–H groups in total. The van der Waals surface area contributed by atoms with Crippen molar-refractivity contribution in [2.24, 2.45) is 41.2 Å². The Bertz CT molecular complexity index is 3530. The number of methoxy groups -OCH3 is 2. The average molecular weight is 1610 g/mol. The third-order valence-corrected chi connectivity index (χ3v) is 24.7. The van der Waals surface area contributed by atoms with Gasteiger partial charge in [-0.1, -0.05) is 131 Å². The molecule has 2 aliphatic heterocycles. The SMILES string of the molecule is CCCCC(C)(SC)C1CC(=O)N(CCOCCOCCOCCC(=O)N[C@H](C(=O)N[C@@H](CCCNC(N)=O)C(=O)NC2(c3ccc(S(=O)(=O)NC(=O)[C@H](Cc4ccccc4)NC(=O)[C@H](C)[C@@H](OC)[C@@H]4CCCN4C(=O)C[C@@H](OC)[C@H]([C@@H](C)CC)N(C)C(=O)[C@@H](NC(=O)[C@H](C(C)C)N(C)C)C(C)C)cc3)CC2)C(C)C)C1=O. The molecule has 1 saturated carbocycles. The second-order valence-corrected chi connectivity index (χ2v) is 34.4. The molecule has 630 valence electrons. The minimum absolute atomic E-state index is 0.0126. The van der Waals surface area contributed by atoms with Gasteiger partial charge in [0.25, 0.3) is 15.9 Å². The van der Waals surface area contributed by atoms with Crippen LogP contribution in [0.2, 0.25) is 0 Å². The number of amides is 12. The molecule has 0 aromatic heterocycles. The lowest BCUT2D eigenvalue weighted by atomic mass is 9.87. The molecule has 2 aromatic rings. The Morgan fingerprint density at radius 3 is 1.89 bits per heavy atom. The molecule has 13 atom stereocenters. The number of carbonyl (C=O) groups excluding carboxylic acids is 11. The lowest BCUT2D eigenvalue weighted by molar-refractivity contribution is -0.148. The van der Waals surface area contributed by atoms with Crippen LogP contribution in [0.5, 0.6) is 0 Å². The van der Waals surface area contributed by atoms with Crippen LogP contribution in [0.25, 0.3) is 0 Å². The first-order valence-electron chi connectivity index (χ1n) is 39.6. The molecule has 0 radical (unpaired) electrons. The predicted molar refractivity (Wildman–Crippen MR) is 427 cm³/mol. The van der Waals surface area contributed by atoms with Crippen LogP contribution in [0.3, 0.4) is 0 Å². The molecule has 1 aliphatic carbocycles. The number of hydrogen-bond donors (Lipinski definition) is 8. The van der Waals surface area contributed by atoms with E-state index >= 15 is 0 Å². The van der Waals surface area contributed by atoms with Crippen molar-refractivity contribution in [2.45, 2.75) is 236 Å². The van der Waals surface area contributed by atoms with E-state index in [0.717, 1.165) is 19.3 Å². The van der Waals surface area contributed by atoms with Gasteiger partial charge in [-0.15, -0.1) is 0 Å². The molecule has 3 aliphatic rings. The van der Waals surface area contributed by atoms with E-state index in [9.17, 15) is 61.2 Å². The largest absolute Gasteiger partial charge is 0.379 e. The number of likely N-dealkylation sites (tertiary alicyclic amines) is 2. The van der Waals surface area contributed by atoms with Crippen molar-refractivity contribution < 1.29 is 84.8 Å². The fraction of sp³-hybridized carbons (Fsp3) is 0.713. The van der Waals surface area contributed by atoms with E-state index < -0.39 is 117 Å². The van der Waals surface area contributed by atoms with Crippen LogP contribution in [-0.4, -0.2) is 253 Å². The number of carbonyl (C=O) groups is 11. The smallest absolute Gasteiger partial charge is 0.312 e. The standard InChI is InChI=1S/C80H130N12O18S2/c1-18-20-35-79(11,111-17)58-48-64(94)92(76(58)101)40-42-109-44-46-110-45-43-108-41-34-63(93)85-66(50(3)4)74(99)83-59(28-24-38-82-78(81)103)72(97)87-80(36-37-80)56-30-32-57(33-31-56)112(104,105)88-73(98)60(47-55-26-22-21-23-27-55)84-71(96)54(10)70(107-16)61-29-25-39-91(61)65(95)49-62(106-15)69(53(9)19-2)90(14)77(102)67(51(5)6)86-75(100)68(52(7)8)89(12)13/h21-23,26-27,30-33,50-54,58-62,66-70H,18-20,24-25,28-29,34-49H2,1-17H3,(H,83,99)(H,84,96)(H,85,93)(H,86,100)(H,87,97)(H,88,98)(H3,81,82,103)/t53-,54+,58?,59-,60-,61-,62+,66-,67-,68-,69-,70+,79?/m0/s1. The number of benzene rings is 2. The van der Waals surface area contributed by atoms with Crippen LogP contribution >= 0.6 is 11.8 Å². The number of nitrogens with two attached hydrogens (primary N) is 1. The molecule has 2 saturated heterocycles. The number of unbranched alkanes of at least 4 members (excludes halogenated alkanes) is 1. The monoisotopic (exact) mass is 1610 g/mol. The molecule has 32 heteroatoms. The zero-order chi connectivity index (χ0) is 83.4. The Morgan fingerprint density at radius 2 is 1.34 bits per heavy atom. The highest BCUT2D eigenvalue weighted by Gasteiger charge is 2.50. The lowest BCUT2D eigenvalue weighted by Gasteiger charge is -2.41. The van der Waals surface area contributed by atoms with Gasteiger partial charge in [0.05, 0.1) is 105 Å². The fourth-order valence-corrected chi connectivity index (χ4v) is 16.8. The van der Waals surface area contributed by atoms with E-state index in [0.29, 0.717) is 49.8 Å². The maximum atomic E-state index is 14.7. The number of ether oxygens (including phenoxy) is 5. The van der Waals surface area contributed by atoms with Crippen molar-refractivity contribution in [3.63, 3.8) is 0 Å². The van der Waals surface area contributed by atoms with Gasteiger partial charge < -0.3 is 71.1 Å². The number of rotatable bonds is 51. The topological polar surface area (TPSA) is 391 Å². The van der Waals surface area contributed by atoms with E-state index in [2.05, 4.69) is 50.5 Å². The fourth-order valence-electron chi connectivity index (χ4n) is 15.0. The van der Waals surface area contributed by atoms with Crippen molar-refractivity contribution in [1.29, 1.82) is 0 Å². The summed E-state index contributed by atoms with van der Waals surface area (Å²) >= 11 is 1.63. The van der Waals surface area contributed by atoms with Crippen LogP contribution < -0.4 is 42.4 Å². The van der Waals surface area contributed by atoms with Gasteiger partial charge in [-0.25, -0.2) is 17.9 Å². The molecule has 112 heavy (non-hydrogen) atoms. The number of urea groups is 1. The third-order valence-electron chi connectivity index (χ3n) is 21.9. The van der Waals surface area contributed by atoms with Gasteiger partial charge in [-0.2, -0.15) is 11.8 Å². The van der Waals surface area contributed by atoms with Crippen LogP contribution in [0, 0.1) is 35.5 Å². The van der Waals surface area contributed by atoms with Crippen LogP contribution in [0.4, 0.5) is 4.79 Å². The third kappa shape index (κ3) is 27.4. The highest BCUT2D eigenvalue weighted by atomic mass is 32.2. The zero-order valence-electron chi connectivity index (χ0n) is 69.2. The van der Waals surface area contributed by atoms with Gasteiger partial charge in [0, 0.05) is 58.4 Å². The molecule has 2 aromatic carbocycles. The number of thioether (sulfide) groups is 1.